The Labute approximate surface area is 200 Å². The van der Waals surface area contributed by atoms with Crippen molar-refractivity contribution >= 4 is 29.1 Å². The van der Waals surface area contributed by atoms with Crippen LogP contribution in [0.4, 0.5) is 0 Å². The van der Waals surface area contributed by atoms with E-state index < -0.39 is 5.91 Å². The standard InChI is InChI=1S/C22H36Cl2N6O2/c23-15-3-1-14(2-4-15)17-9-18-20(10-19(17)24)26-13-27-22(18)30-8-7-29(16(11-25)12-30)6-5-21(31)28-32/h14-20,22,26-27,32H,1-10,12-13H2,(H,28,31). The molecule has 10 heteroatoms. The van der Waals surface area contributed by atoms with Crippen LogP contribution in [0.15, 0.2) is 0 Å². The van der Waals surface area contributed by atoms with Crippen molar-refractivity contribution in [1.82, 2.24) is 25.9 Å². The Bertz CT molecular complexity index is 686. The van der Waals surface area contributed by atoms with Gasteiger partial charge < -0.3 is 5.32 Å². The number of alkyl halides is 2. The molecule has 2 saturated heterocycles. The predicted octanol–water partition coefficient (Wildman–Crippen LogP) is 1.67. The summed E-state index contributed by atoms with van der Waals surface area (Å²) in [6, 6.07) is 2.56. The van der Waals surface area contributed by atoms with Gasteiger partial charge in [-0.05, 0) is 50.4 Å². The Hall–Kier alpha value is -0.660. The molecule has 2 saturated carbocycles. The predicted molar refractivity (Wildman–Crippen MR) is 123 cm³/mol. The largest absolute Gasteiger partial charge is 0.301 e. The van der Waals surface area contributed by atoms with Gasteiger partial charge in [0.05, 0.1) is 12.2 Å². The first kappa shape index (κ1) is 24.5. The van der Waals surface area contributed by atoms with Crippen LogP contribution in [0, 0.1) is 29.1 Å². The second-order valence-corrected chi connectivity index (χ2v) is 11.1. The quantitative estimate of drug-likeness (QED) is 0.266. The van der Waals surface area contributed by atoms with Crippen molar-refractivity contribution in [3.05, 3.63) is 0 Å². The molecule has 2 aliphatic heterocycles. The molecule has 6 atom stereocenters. The van der Waals surface area contributed by atoms with Crippen molar-refractivity contribution in [2.45, 2.75) is 73.9 Å². The molecule has 4 fully saturated rings. The minimum atomic E-state index is -0.418. The van der Waals surface area contributed by atoms with Crippen LogP contribution in [-0.4, -0.2) is 82.8 Å². The zero-order chi connectivity index (χ0) is 22.7. The summed E-state index contributed by atoms with van der Waals surface area (Å²) in [5.41, 5.74) is 1.67. The number of fused-ring (bicyclic) bond motifs is 1. The number of nitriles is 1. The highest BCUT2D eigenvalue weighted by atomic mass is 35.5. The van der Waals surface area contributed by atoms with E-state index in [0.717, 1.165) is 45.4 Å². The topological polar surface area (TPSA) is 104 Å². The summed E-state index contributed by atoms with van der Waals surface area (Å²) in [5, 5.41) is 26.4. The van der Waals surface area contributed by atoms with Gasteiger partial charge in [0.2, 0.25) is 5.91 Å². The number of hydrogen-bond acceptors (Lipinski definition) is 7. The smallest absolute Gasteiger partial charge is 0.244 e. The summed E-state index contributed by atoms with van der Waals surface area (Å²) in [6.07, 6.45) is 7.08. The van der Waals surface area contributed by atoms with Gasteiger partial charge in [-0.25, -0.2) is 5.48 Å². The molecule has 0 aromatic carbocycles. The number of hydrogen-bond donors (Lipinski definition) is 4. The normalized spacial score (nSPS) is 41.4. The van der Waals surface area contributed by atoms with Crippen molar-refractivity contribution in [2.75, 3.05) is 32.8 Å². The molecule has 4 aliphatic rings. The molecule has 2 heterocycles. The molecular formula is C22H36Cl2N6O2. The van der Waals surface area contributed by atoms with Crippen molar-refractivity contribution in [3.63, 3.8) is 0 Å². The molecule has 1 amide bonds. The molecule has 4 rings (SSSR count). The van der Waals surface area contributed by atoms with Gasteiger partial charge in [-0.15, -0.1) is 23.2 Å². The molecule has 180 valence electrons. The van der Waals surface area contributed by atoms with E-state index in [1.165, 1.54) is 12.8 Å². The van der Waals surface area contributed by atoms with Gasteiger partial charge in [0.25, 0.3) is 0 Å². The van der Waals surface area contributed by atoms with Gasteiger partial charge in [0.1, 0.15) is 6.04 Å². The SMILES string of the molecule is N#CC1CN(C2NCNC3CC(Cl)C(C4CCC(Cl)CC4)CC32)CCN1CCC(=O)NO. The van der Waals surface area contributed by atoms with E-state index in [9.17, 15) is 10.1 Å². The molecule has 2 aliphatic carbocycles. The van der Waals surface area contributed by atoms with Crippen molar-refractivity contribution in [1.29, 1.82) is 5.26 Å². The van der Waals surface area contributed by atoms with Gasteiger partial charge in [0, 0.05) is 62.0 Å². The van der Waals surface area contributed by atoms with Crippen LogP contribution in [-0.2, 0) is 4.79 Å². The Kier molecular flexibility index (Phi) is 8.54. The van der Waals surface area contributed by atoms with Gasteiger partial charge in [0.15, 0.2) is 0 Å². The summed E-state index contributed by atoms with van der Waals surface area (Å²) in [4.78, 5) is 15.9. The molecule has 4 N–H and O–H groups in total. The second-order valence-electron chi connectivity index (χ2n) is 9.92. The summed E-state index contributed by atoms with van der Waals surface area (Å²) in [6.45, 7) is 3.48. The van der Waals surface area contributed by atoms with E-state index in [-0.39, 0.29) is 24.0 Å². The monoisotopic (exact) mass is 486 g/mol. The summed E-state index contributed by atoms with van der Waals surface area (Å²) < 4.78 is 0. The van der Waals surface area contributed by atoms with Gasteiger partial charge in [-0.1, -0.05) is 0 Å². The highest BCUT2D eigenvalue weighted by Crippen LogP contribution is 2.45. The fourth-order valence-corrected chi connectivity index (χ4v) is 7.18. The Balaban J connectivity index is 1.40. The first-order chi connectivity index (χ1) is 15.5. The number of carbonyl (C=O) groups is 1. The lowest BCUT2D eigenvalue weighted by Gasteiger charge is -2.53. The van der Waals surface area contributed by atoms with Crippen LogP contribution < -0.4 is 16.1 Å². The first-order valence-electron chi connectivity index (χ1n) is 12.1. The van der Waals surface area contributed by atoms with Crippen molar-refractivity contribution in [3.8, 4) is 6.07 Å². The fourth-order valence-electron chi connectivity index (χ4n) is 6.43. The third kappa shape index (κ3) is 5.52. The van der Waals surface area contributed by atoms with Crippen molar-refractivity contribution in [2.24, 2.45) is 17.8 Å². The van der Waals surface area contributed by atoms with Gasteiger partial charge in [-0.3, -0.25) is 25.1 Å². The molecule has 6 unspecified atom stereocenters. The number of hydroxylamine groups is 1. The van der Waals surface area contributed by atoms with Crippen LogP contribution in [0.25, 0.3) is 0 Å². The first-order valence-corrected chi connectivity index (χ1v) is 12.9. The molecule has 0 aromatic heterocycles. The Morgan fingerprint density at radius 3 is 2.62 bits per heavy atom. The molecule has 8 nitrogen and oxygen atoms in total. The highest BCUT2D eigenvalue weighted by Gasteiger charge is 2.47. The van der Waals surface area contributed by atoms with Crippen LogP contribution >= 0.6 is 23.2 Å². The van der Waals surface area contributed by atoms with E-state index in [0.29, 0.717) is 42.3 Å². The van der Waals surface area contributed by atoms with Crippen LogP contribution in [0.1, 0.15) is 44.9 Å². The average molecular weight is 487 g/mol. The number of rotatable bonds is 5. The molecular weight excluding hydrogens is 451 g/mol. The number of piperazine rings is 1. The molecule has 32 heavy (non-hydrogen) atoms. The van der Waals surface area contributed by atoms with E-state index in [1.54, 1.807) is 5.48 Å². The maximum Gasteiger partial charge on any atom is 0.244 e. The average Bonchev–Trinajstić information content (AvgIpc) is 2.82. The maximum atomic E-state index is 11.4. The van der Waals surface area contributed by atoms with Crippen LogP contribution in [0.2, 0.25) is 0 Å². The van der Waals surface area contributed by atoms with Crippen LogP contribution in [0.5, 0.6) is 0 Å². The van der Waals surface area contributed by atoms with Crippen LogP contribution in [0.3, 0.4) is 0 Å². The molecule has 0 spiro atoms. The second kappa shape index (κ2) is 11.2. The summed E-state index contributed by atoms with van der Waals surface area (Å²) >= 11 is 13.3. The zero-order valence-corrected chi connectivity index (χ0v) is 20.1. The highest BCUT2D eigenvalue weighted by molar-refractivity contribution is 6.21. The lowest BCUT2D eigenvalue weighted by atomic mass is 9.67. The Morgan fingerprint density at radius 1 is 1.12 bits per heavy atom. The number of amides is 1. The minimum Gasteiger partial charge on any atom is -0.301 e. The third-order valence-electron chi connectivity index (χ3n) is 8.21. The molecule has 0 radical (unpaired) electrons. The minimum absolute atomic E-state index is 0.189. The number of nitrogens with zero attached hydrogens (tertiary/aromatic N) is 3. The lowest BCUT2D eigenvalue weighted by Crippen LogP contribution is -2.69. The van der Waals surface area contributed by atoms with E-state index in [1.807, 2.05) is 4.90 Å². The molecule has 0 bridgehead atoms. The van der Waals surface area contributed by atoms with Gasteiger partial charge in [-0.2, -0.15) is 5.26 Å². The number of carbonyl (C=O) groups excluding carboxylic acids is 1. The lowest BCUT2D eigenvalue weighted by molar-refractivity contribution is -0.129. The summed E-state index contributed by atoms with van der Waals surface area (Å²) in [5.74, 6) is 1.23. The Morgan fingerprint density at radius 2 is 1.91 bits per heavy atom. The third-order valence-corrected chi connectivity index (χ3v) is 9.15. The van der Waals surface area contributed by atoms with Crippen molar-refractivity contribution < 1.29 is 10.0 Å². The summed E-state index contributed by atoms with van der Waals surface area (Å²) in [7, 11) is 0. The van der Waals surface area contributed by atoms with E-state index in [2.05, 4.69) is 21.6 Å². The number of halogens is 2. The number of nitrogens with one attached hydrogen (secondary N) is 3. The van der Waals surface area contributed by atoms with E-state index in [4.69, 9.17) is 28.4 Å². The molecule has 0 aromatic rings. The zero-order valence-electron chi connectivity index (χ0n) is 18.6. The van der Waals surface area contributed by atoms with Gasteiger partial charge >= 0.3 is 0 Å². The maximum absolute atomic E-state index is 11.4. The fraction of sp³-hybridized carbons (Fsp3) is 0.909. The van der Waals surface area contributed by atoms with E-state index >= 15 is 0 Å².